The van der Waals surface area contributed by atoms with Crippen LogP contribution < -0.4 is 0 Å². The molecular weight excluding hydrogens is 833 g/mol. The number of fused-ring (bicyclic) bond motifs is 15. The molecule has 0 unspecified atom stereocenters. The molecule has 0 atom stereocenters. The first kappa shape index (κ1) is 37.5. The number of aromatic nitrogens is 4. The van der Waals surface area contributed by atoms with Crippen LogP contribution in [0.3, 0.4) is 0 Å². The number of rotatable bonds is 5. The molecule has 3 aromatic heterocycles. The number of hydrogen-bond donors (Lipinski definition) is 0. The molecule has 0 saturated heterocycles. The lowest BCUT2D eigenvalue weighted by Crippen LogP contribution is -1.93. The van der Waals surface area contributed by atoms with Crippen molar-refractivity contribution < 1.29 is 0 Å². The fraction of sp³-hybridized carbons (Fsp3) is 0. The average molecular weight is 867 g/mol. The summed E-state index contributed by atoms with van der Waals surface area (Å²) in [5.41, 5.74) is 14.0. The quantitative estimate of drug-likeness (QED) is 0.162. The highest BCUT2D eigenvalue weighted by atomic mass is 32.1. The Morgan fingerprint density at radius 1 is 0.343 bits per heavy atom. The molecule has 0 saturated carbocycles. The van der Waals surface area contributed by atoms with Gasteiger partial charge in [0.25, 0.3) is 0 Å². The summed E-state index contributed by atoms with van der Waals surface area (Å²) in [6, 6.07) is 75.7. The molecule has 0 fully saturated rings. The fourth-order valence-electron chi connectivity index (χ4n) is 10.2. The maximum absolute atomic E-state index is 5.36. The van der Waals surface area contributed by atoms with Crippen LogP contribution in [0, 0.1) is 12.1 Å². The van der Waals surface area contributed by atoms with Gasteiger partial charge in [-0.1, -0.05) is 158 Å². The molecule has 308 valence electrons. The van der Waals surface area contributed by atoms with Crippen LogP contribution in [-0.2, 0) is 0 Å². The number of benzene rings is 10. The summed E-state index contributed by atoms with van der Waals surface area (Å²) in [4.78, 5) is 20.9. The van der Waals surface area contributed by atoms with Crippen molar-refractivity contribution in [2.75, 3.05) is 0 Å². The van der Waals surface area contributed by atoms with Crippen molar-refractivity contribution >= 4 is 96.7 Å². The first-order valence-electron chi connectivity index (χ1n) is 22.4. The van der Waals surface area contributed by atoms with Crippen molar-refractivity contribution in [3.8, 4) is 55.9 Å². The monoisotopic (exact) mass is 866 g/mol. The topological polar surface area (TPSA) is 51.6 Å². The SMILES string of the molecule is c1ccc2c(c#1)c1ccccc1c1nc(-c3cccc(-c4cc(-c5cccc(-c6cnc7c8ccccc8c8ccccc8c7n6)c5)cc(-c5cccc6c5sc5ccccc56)c4)c3)cnc21. The van der Waals surface area contributed by atoms with Gasteiger partial charge in [-0.2, -0.15) is 0 Å². The molecule has 67 heavy (non-hydrogen) atoms. The van der Waals surface area contributed by atoms with E-state index in [-0.39, 0.29) is 0 Å². The normalized spacial score (nSPS) is 11.8. The molecule has 11 aromatic carbocycles. The van der Waals surface area contributed by atoms with Crippen molar-refractivity contribution in [3.63, 3.8) is 0 Å². The summed E-state index contributed by atoms with van der Waals surface area (Å²) in [5.74, 6) is 0. The minimum atomic E-state index is 0.821. The second kappa shape index (κ2) is 14.9. The zero-order chi connectivity index (χ0) is 44.0. The predicted molar refractivity (Wildman–Crippen MR) is 280 cm³/mol. The van der Waals surface area contributed by atoms with E-state index in [4.69, 9.17) is 19.9 Å². The molecule has 0 aliphatic heterocycles. The van der Waals surface area contributed by atoms with Gasteiger partial charge in [-0.3, -0.25) is 9.97 Å². The van der Waals surface area contributed by atoms with Crippen molar-refractivity contribution in [3.05, 3.63) is 219 Å². The molecule has 0 radical (unpaired) electrons. The van der Waals surface area contributed by atoms with E-state index in [2.05, 4.69) is 200 Å². The van der Waals surface area contributed by atoms with Gasteiger partial charge >= 0.3 is 0 Å². The molecule has 0 amide bonds. The van der Waals surface area contributed by atoms with Crippen LogP contribution in [0.2, 0.25) is 0 Å². The molecule has 3 heterocycles. The summed E-state index contributed by atoms with van der Waals surface area (Å²) in [6.45, 7) is 0. The van der Waals surface area contributed by atoms with E-state index in [1.807, 2.05) is 29.8 Å². The second-order valence-corrected chi connectivity index (χ2v) is 18.2. The zero-order valence-corrected chi connectivity index (χ0v) is 36.6. The summed E-state index contributed by atoms with van der Waals surface area (Å²) in [7, 11) is 0. The van der Waals surface area contributed by atoms with Crippen LogP contribution in [-0.4, -0.2) is 19.9 Å². The maximum atomic E-state index is 5.36. The molecule has 14 aromatic rings. The van der Waals surface area contributed by atoms with E-state index in [1.54, 1.807) is 0 Å². The third kappa shape index (κ3) is 6.01. The van der Waals surface area contributed by atoms with Gasteiger partial charge in [0.2, 0.25) is 0 Å². The van der Waals surface area contributed by atoms with E-state index < -0.39 is 0 Å². The van der Waals surface area contributed by atoms with Crippen LogP contribution >= 0.6 is 11.3 Å². The van der Waals surface area contributed by atoms with E-state index >= 15 is 0 Å². The zero-order valence-electron chi connectivity index (χ0n) is 35.8. The Labute approximate surface area is 389 Å². The molecule has 0 N–H and O–H groups in total. The minimum absolute atomic E-state index is 0.821. The summed E-state index contributed by atoms with van der Waals surface area (Å²) >= 11 is 1.86. The summed E-state index contributed by atoms with van der Waals surface area (Å²) in [6.07, 6.45) is 3.83. The number of thiophene rings is 1. The summed E-state index contributed by atoms with van der Waals surface area (Å²) in [5, 5.41) is 11.3. The van der Waals surface area contributed by atoms with Crippen LogP contribution in [0.15, 0.2) is 207 Å². The molecule has 4 nitrogen and oxygen atoms in total. The standard InChI is InChI=1S/C62H34N4S/c1-5-23-50-45(18-1)47-20-3-7-25-52(47)60-58(50)63-35-55(65-60)39-16-11-14-37(30-39)41-32-42(34-43(33-41)44-27-13-28-54-49-22-9-10-29-57(49)67-62(44)54)38-15-12-17-40(31-38)56-36-64-59-51-24-6-2-19-46(51)48-21-4-8-26-53(48)61(59)66-56/h1,3-18,20-36H. The third-order valence-corrected chi connectivity index (χ3v) is 14.6. The fourth-order valence-corrected chi connectivity index (χ4v) is 11.4. The van der Waals surface area contributed by atoms with Gasteiger partial charge in [-0.05, 0) is 92.7 Å². The largest absolute Gasteiger partial charge is 0.252 e. The second-order valence-electron chi connectivity index (χ2n) is 17.2. The highest BCUT2D eigenvalue weighted by Crippen LogP contribution is 2.43. The Kier molecular flexibility index (Phi) is 8.33. The van der Waals surface area contributed by atoms with E-state index in [0.29, 0.717) is 0 Å². The molecule has 0 aliphatic rings. The predicted octanol–water partition coefficient (Wildman–Crippen LogP) is 16.5. The Balaban J connectivity index is 0.937. The van der Waals surface area contributed by atoms with Gasteiger partial charge in [0.1, 0.15) is 0 Å². The summed E-state index contributed by atoms with van der Waals surface area (Å²) < 4.78 is 2.56. The molecule has 14 rings (SSSR count). The Morgan fingerprint density at radius 2 is 0.821 bits per heavy atom. The third-order valence-electron chi connectivity index (χ3n) is 13.3. The minimum Gasteiger partial charge on any atom is -0.252 e. The lowest BCUT2D eigenvalue weighted by Gasteiger charge is -2.14. The number of nitrogens with zero attached hydrogens (tertiary/aromatic N) is 4. The van der Waals surface area contributed by atoms with Crippen LogP contribution in [0.5, 0.6) is 0 Å². The highest BCUT2D eigenvalue weighted by molar-refractivity contribution is 7.26. The van der Waals surface area contributed by atoms with Crippen molar-refractivity contribution in [2.45, 2.75) is 0 Å². The molecule has 5 heteroatoms. The van der Waals surface area contributed by atoms with Gasteiger partial charge in [0.05, 0.1) is 45.8 Å². The Hall–Kier alpha value is -8.82. The van der Waals surface area contributed by atoms with E-state index in [0.717, 1.165) is 105 Å². The molecular formula is C62H34N4S. The van der Waals surface area contributed by atoms with Crippen molar-refractivity contribution in [1.82, 2.24) is 19.9 Å². The van der Waals surface area contributed by atoms with Crippen LogP contribution in [0.1, 0.15) is 0 Å². The Bertz CT molecular complexity index is 4070. The van der Waals surface area contributed by atoms with Gasteiger partial charge in [0, 0.05) is 63.6 Å². The smallest absolute Gasteiger partial charge is 0.0979 e. The average Bonchev–Trinajstić information content (AvgIpc) is 3.80. The first-order valence-corrected chi connectivity index (χ1v) is 23.2. The van der Waals surface area contributed by atoms with Crippen LogP contribution in [0.4, 0.5) is 0 Å². The van der Waals surface area contributed by atoms with Gasteiger partial charge in [0.15, 0.2) is 0 Å². The molecule has 0 bridgehead atoms. The molecule has 0 spiro atoms. The number of hydrogen-bond acceptors (Lipinski definition) is 5. The van der Waals surface area contributed by atoms with E-state index in [9.17, 15) is 0 Å². The van der Waals surface area contributed by atoms with Crippen molar-refractivity contribution in [1.29, 1.82) is 0 Å². The highest BCUT2D eigenvalue weighted by Gasteiger charge is 2.17. The van der Waals surface area contributed by atoms with Gasteiger partial charge in [-0.25, -0.2) is 9.97 Å². The Morgan fingerprint density at radius 3 is 1.48 bits per heavy atom. The first-order chi connectivity index (χ1) is 33.2. The lowest BCUT2D eigenvalue weighted by atomic mass is 9.91. The van der Waals surface area contributed by atoms with Crippen molar-refractivity contribution in [2.24, 2.45) is 0 Å². The maximum Gasteiger partial charge on any atom is 0.0979 e. The van der Waals surface area contributed by atoms with E-state index in [1.165, 1.54) is 36.5 Å². The van der Waals surface area contributed by atoms with Gasteiger partial charge < -0.3 is 0 Å². The lowest BCUT2D eigenvalue weighted by molar-refractivity contribution is 1.31. The molecule has 0 aliphatic carbocycles. The van der Waals surface area contributed by atoms with Gasteiger partial charge in [-0.15, -0.1) is 11.3 Å². The van der Waals surface area contributed by atoms with Crippen LogP contribution in [0.25, 0.3) is 141 Å².